The predicted molar refractivity (Wildman–Crippen MR) is 70.8 cm³/mol. The van der Waals surface area contributed by atoms with E-state index in [1.54, 1.807) is 6.08 Å². The highest BCUT2D eigenvalue weighted by Gasteiger charge is 2.14. The minimum atomic E-state index is -0.541. The smallest absolute Gasteiger partial charge is 0.278 e. The van der Waals surface area contributed by atoms with Crippen LogP contribution in [-0.4, -0.2) is 17.4 Å². The molecule has 0 radical (unpaired) electrons. The lowest BCUT2D eigenvalue weighted by molar-refractivity contribution is -0.385. The maximum Gasteiger partial charge on any atom is 0.278 e. The third kappa shape index (κ3) is 4.01. The summed E-state index contributed by atoms with van der Waals surface area (Å²) in [6, 6.07) is 2.61. The quantitative estimate of drug-likeness (QED) is 0.684. The molecule has 0 bridgehead atoms. The number of hydrogen-bond donors (Lipinski definition) is 1. The number of nitrogens with zero attached hydrogens (tertiary/aromatic N) is 1. The summed E-state index contributed by atoms with van der Waals surface area (Å²) in [5.74, 6) is -0.178. The lowest BCUT2D eigenvalue weighted by Gasteiger charge is -2.01. The van der Waals surface area contributed by atoms with Crippen LogP contribution in [0, 0.1) is 10.1 Å². The highest BCUT2D eigenvalue weighted by atomic mass is 35.5. The van der Waals surface area contributed by atoms with Crippen LogP contribution in [0.3, 0.4) is 0 Å². The van der Waals surface area contributed by atoms with E-state index in [4.69, 9.17) is 23.2 Å². The Kier molecular flexibility index (Phi) is 5.12. The largest absolute Gasteiger partial charge is 0.353 e. The zero-order valence-corrected chi connectivity index (χ0v) is 11.0. The van der Waals surface area contributed by atoms with Gasteiger partial charge in [0.2, 0.25) is 5.91 Å². The second-order valence-electron chi connectivity index (χ2n) is 3.42. The number of nitro groups is 1. The van der Waals surface area contributed by atoms with Crippen molar-refractivity contribution in [1.82, 2.24) is 5.32 Å². The van der Waals surface area contributed by atoms with Crippen molar-refractivity contribution in [2.75, 3.05) is 6.54 Å². The molecule has 0 fully saturated rings. The highest BCUT2D eigenvalue weighted by molar-refractivity contribution is 6.42. The maximum atomic E-state index is 10.8. The first-order chi connectivity index (χ1) is 8.41. The molecule has 1 aromatic carbocycles. The minimum Gasteiger partial charge on any atom is -0.353 e. The van der Waals surface area contributed by atoms with Crippen LogP contribution in [0.15, 0.2) is 18.2 Å². The molecular weight excluding hydrogens is 279 g/mol. The van der Waals surface area contributed by atoms with Crippen molar-refractivity contribution >= 4 is 40.9 Å². The Morgan fingerprint density at radius 1 is 1.44 bits per heavy atom. The number of nitro benzene ring substituents is 1. The van der Waals surface area contributed by atoms with Crippen molar-refractivity contribution in [3.8, 4) is 0 Å². The number of nitrogens with one attached hydrogen (secondary N) is 1. The van der Waals surface area contributed by atoms with E-state index in [0.29, 0.717) is 5.56 Å². The van der Waals surface area contributed by atoms with Crippen molar-refractivity contribution in [1.29, 1.82) is 0 Å². The number of benzene rings is 1. The van der Waals surface area contributed by atoms with E-state index >= 15 is 0 Å². The highest BCUT2D eigenvalue weighted by Crippen LogP contribution is 2.31. The summed E-state index contributed by atoms with van der Waals surface area (Å²) in [4.78, 5) is 20.9. The minimum absolute atomic E-state index is 0.127. The summed E-state index contributed by atoms with van der Waals surface area (Å²) in [7, 11) is 0. The molecule has 0 aromatic heterocycles. The second kappa shape index (κ2) is 6.37. The first-order valence-corrected chi connectivity index (χ1v) is 5.72. The van der Waals surface area contributed by atoms with Crippen LogP contribution in [-0.2, 0) is 4.79 Å². The van der Waals surface area contributed by atoms with Gasteiger partial charge in [0.25, 0.3) is 5.69 Å². The van der Waals surface area contributed by atoms with Crippen LogP contribution in [0.2, 0.25) is 10.0 Å². The normalized spacial score (nSPS) is 10.6. The monoisotopic (exact) mass is 288 g/mol. The molecule has 1 aromatic rings. The summed E-state index contributed by atoms with van der Waals surface area (Å²) >= 11 is 11.5. The van der Waals surface area contributed by atoms with Gasteiger partial charge in [-0.1, -0.05) is 35.4 Å². The number of rotatable bonds is 4. The van der Waals surface area contributed by atoms with E-state index in [1.165, 1.54) is 25.1 Å². The number of carbonyl (C=O) groups excluding carboxylic acids is 1. The Labute approximate surface area is 114 Å². The molecule has 96 valence electrons. The van der Waals surface area contributed by atoms with Gasteiger partial charge in [-0.25, -0.2) is 0 Å². The van der Waals surface area contributed by atoms with Gasteiger partial charge in [-0.15, -0.1) is 0 Å². The van der Waals surface area contributed by atoms with E-state index in [9.17, 15) is 14.9 Å². The molecule has 7 heteroatoms. The zero-order valence-electron chi connectivity index (χ0n) is 9.44. The third-order valence-corrected chi connectivity index (χ3v) is 2.75. The molecule has 0 aliphatic carbocycles. The molecule has 0 atom stereocenters. The van der Waals surface area contributed by atoms with Crippen LogP contribution in [0.25, 0.3) is 6.08 Å². The molecule has 0 heterocycles. The van der Waals surface area contributed by atoms with Crippen molar-refractivity contribution in [3.63, 3.8) is 0 Å². The predicted octanol–water partition coefficient (Wildman–Crippen LogP) is 3.05. The molecule has 0 unspecified atom stereocenters. The maximum absolute atomic E-state index is 10.8. The van der Waals surface area contributed by atoms with E-state index in [1.807, 2.05) is 0 Å². The Hall–Kier alpha value is -1.59. The van der Waals surface area contributed by atoms with Crippen molar-refractivity contribution < 1.29 is 9.72 Å². The first kappa shape index (κ1) is 14.5. The lowest BCUT2D eigenvalue weighted by atomic mass is 10.1. The van der Waals surface area contributed by atoms with E-state index in [0.717, 1.165) is 0 Å². The molecular formula is C11H10Cl2N2O3. The van der Waals surface area contributed by atoms with Gasteiger partial charge in [-0.2, -0.15) is 0 Å². The average Bonchev–Trinajstić information content (AvgIpc) is 2.28. The fourth-order valence-electron chi connectivity index (χ4n) is 1.23. The van der Waals surface area contributed by atoms with Crippen LogP contribution in [0.4, 0.5) is 5.69 Å². The topological polar surface area (TPSA) is 72.2 Å². The molecule has 0 saturated carbocycles. The van der Waals surface area contributed by atoms with Crippen molar-refractivity contribution in [2.24, 2.45) is 0 Å². The fraction of sp³-hybridized carbons (Fsp3) is 0.182. The molecule has 5 nitrogen and oxygen atoms in total. The summed E-state index contributed by atoms with van der Waals surface area (Å²) in [6.45, 7) is 1.67. The number of amides is 1. The number of carbonyl (C=O) groups is 1. The van der Waals surface area contributed by atoms with Gasteiger partial charge in [-0.05, 0) is 6.07 Å². The number of hydrogen-bond acceptors (Lipinski definition) is 3. The molecule has 1 N–H and O–H groups in total. The van der Waals surface area contributed by atoms with Gasteiger partial charge in [-0.3, -0.25) is 14.9 Å². The van der Waals surface area contributed by atoms with E-state index in [2.05, 4.69) is 5.32 Å². The van der Waals surface area contributed by atoms with Gasteiger partial charge in [0.05, 0.1) is 20.5 Å². The van der Waals surface area contributed by atoms with Gasteiger partial charge >= 0.3 is 0 Å². The molecule has 18 heavy (non-hydrogen) atoms. The Morgan fingerprint density at radius 3 is 2.61 bits per heavy atom. The summed E-state index contributed by atoms with van der Waals surface area (Å²) in [5.41, 5.74) is 0.197. The van der Waals surface area contributed by atoms with Crippen LogP contribution in [0.5, 0.6) is 0 Å². The summed E-state index contributed by atoms with van der Waals surface area (Å²) < 4.78 is 0. The van der Waals surface area contributed by atoms with Crippen molar-refractivity contribution in [3.05, 3.63) is 43.9 Å². The molecule has 0 aliphatic rings. The summed E-state index contributed by atoms with van der Waals surface area (Å²) in [5, 5.41) is 13.7. The van der Waals surface area contributed by atoms with E-state index in [-0.39, 0.29) is 28.2 Å². The average molecular weight is 289 g/mol. The van der Waals surface area contributed by atoms with Gasteiger partial charge in [0.1, 0.15) is 0 Å². The zero-order chi connectivity index (χ0) is 13.7. The molecule has 0 saturated heterocycles. The van der Waals surface area contributed by atoms with Gasteiger partial charge in [0.15, 0.2) is 0 Å². The lowest BCUT2D eigenvalue weighted by Crippen LogP contribution is -2.19. The molecule has 1 rings (SSSR count). The van der Waals surface area contributed by atoms with Crippen LogP contribution >= 0.6 is 23.2 Å². The second-order valence-corrected chi connectivity index (χ2v) is 4.24. The SMILES string of the molecule is CC(=O)NCC=Cc1cc(Cl)c(Cl)cc1[N+](=O)[O-]. The molecule has 0 aliphatic heterocycles. The fourth-order valence-corrected chi connectivity index (χ4v) is 1.56. The van der Waals surface area contributed by atoms with E-state index < -0.39 is 4.92 Å². The number of halogens is 2. The van der Waals surface area contributed by atoms with Crippen LogP contribution < -0.4 is 5.32 Å². The van der Waals surface area contributed by atoms with Gasteiger partial charge in [0, 0.05) is 19.5 Å². The van der Waals surface area contributed by atoms with Crippen LogP contribution in [0.1, 0.15) is 12.5 Å². The molecule has 0 spiro atoms. The molecule has 1 amide bonds. The summed E-state index contributed by atoms with van der Waals surface area (Å²) in [6.07, 6.45) is 3.10. The Bertz CT molecular complexity index is 515. The Morgan fingerprint density at radius 2 is 2.06 bits per heavy atom. The standard InChI is InChI=1S/C11H10Cl2N2O3/c1-7(16)14-4-2-3-8-5-9(12)10(13)6-11(8)15(17)18/h2-3,5-6H,4H2,1H3,(H,14,16). The Balaban J connectivity index is 2.96. The van der Waals surface area contributed by atoms with Crippen molar-refractivity contribution in [2.45, 2.75) is 6.92 Å². The van der Waals surface area contributed by atoms with Gasteiger partial charge < -0.3 is 5.32 Å². The first-order valence-electron chi connectivity index (χ1n) is 4.96. The third-order valence-electron chi connectivity index (χ3n) is 2.03.